The lowest BCUT2D eigenvalue weighted by Crippen LogP contribution is -2.58. The van der Waals surface area contributed by atoms with Crippen LogP contribution < -0.4 is 5.73 Å². The molecule has 2 N–H and O–H groups in total. The molecule has 96 valence electrons. The van der Waals surface area contributed by atoms with Gasteiger partial charge in [0.15, 0.2) is 0 Å². The molecule has 3 nitrogen and oxygen atoms in total. The second-order valence-corrected chi connectivity index (χ2v) is 6.87. The second-order valence-electron chi connectivity index (χ2n) is 6.87. The van der Waals surface area contributed by atoms with E-state index >= 15 is 0 Å². The summed E-state index contributed by atoms with van der Waals surface area (Å²) < 4.78 is 0. The fourth-order valence-electron chi connectivity index (χ4n) is 4.66. The molecule has 4 aliphatic rings. The fraction of sp³-hybridized carbons (Fsp3) is 1.00. The zero-order valence-corrected chi connectivity index (χ0v) is 10.8. The third-order valence-electron chi connectivity index (χ3n) is 5.82. The Balaban J connectivity index is 1.53. The third kappa shape index (κ3) is 1.59. The standard InChI is InChI=1S/C14H25N3/c15-9-14(5-6-16(10-14)12-3-4-12)17-8-11-1-2-13(17)7-11/h11-13H,1-10,15H2. The predicted molar refractivity (Wildman–Crippen MR) is 68.8 cm³/mol. The van der Waals surface area contributed by atoms with Crippen LogP contribution in [0.5, 0.6) is 0 Å². The largest absolute Gasteiger partial charge is 0.329 e. The highest BCUT2D eigenvalue weighted by Crippen LogP contribution is 2.45. The first-order valence-corrected chi connectivity index (χ1v) is 7.52. The molecule has 2 saturated heterocycles. The molecule has 0 spiro atoms. The molecule has 2 bridgehead atoms. The van der Waals surface area contributed by atoms with Gasteiger partial charge in [-0.05, 0) is 44.4 Å². The molecule has 4 rings (SSSR count). The lowest BCUT2D eigenvalue weighted by atomic mass is 9.93. The van der Waals surface area contributed by atoms with Crippen LogP contribution in [-0.2, 0) is 0 Å². The van der Waals surface area contributed by atoms with E-state index in [1.807, 2.05) is 0 Å². The highest BCUT2D eigenvalue weighted by atomic mass is 15.3. The van der Waals surface area contributed by atoms with Gasteiger partial charge in [-0.3, -0.25) is 9.80 Å². The molecule has 4 fully saturated rings. The first-order chi connectivity index (χ1) is 8.31. The molecule has 0 aromatic carbocycles. The van der Waals surface area contributed by atoms with Gasteiger partial charge in [-0.1, -0.05) is 0 Å². The molecule has 0 radical (unpaired) electrons. The Hall–Kier alpha value is -0.120. The average molecular weight is 235 g/mol. The van der Waals surface area contributed by atoms with Crippen LogP contribution in [0.3, 0.4) is 0 Å². The van der Waals surface area contributed by atoms with E-state index in [4.69, 9.17) is 5.73 Å². The minimum absolute atomic E-state index is 0.350. The highest BCUT2D eigenvalue weighted by molar-refractivity contribution is 5.09. The maximum Gasteiger partial charge on any atom is 0.0473 e. The van der Waals surface area contributed by atoms with Crippen LogP contribution in [0.4, 0.5) is 0 Å². The third-order valence-corrected chi connectivity index (χ3v) is 5.82. The molecule has 0 aromatic heterocycles. The Morgan fingerprint density at radius 1 is 1.12 bits per heavy atom. The number of piperidine rings is 1. The van der Waals surface area contributed by atoms with Crippen molar-refractivity contribution in [1.29, 1.82) is 0 Å². The summed E-state index contributed by atoms with van der Waals surface area (Å²) in [7, 11) is 0. The van der Waals surface area contributed by atoms with Gasteiger partial charge in [-0.25, -0.2) is 0 Å². The Morgan fingerprint density at radius 2 is 1.94 bits per heavy atom. The van der Waals surface area contributed by atoms with Crippen molar-refractivity contribution >= 4 is 0 Å². The first kappa shape index (κ1) is 10.8. The number of fused-ring (bicyclic) bond motifs is 2. The van der Waals surface area contributed by atoms with Crippen molar-refractivity contribution in [3.8, 4) is 0 Å². The maximum atomic E-state index is 6.19. The average Bonchev–Trinajstić information content (AvgIpc) is 2.82. The maximum absolute atomic E-state index is 6.19. The van der Waals surface area contributed by atoms with Crippen molar-refractivity contribution in [3.05, 3.63) is 0 Å². The monoisotopic (exact) mass is 235 g/mol. The van der Waals surface area contributed by atoms with Gasteiger partial charge in [0.05, 0.1) is 0 Å². The molecule has 17 heavy (non-hydrogen) atoms. The van der Waals surface area contributed by atoms with Crippen LogP contribution >= 0.6 is 0 Å². The van der Waals surface area contributed by atoms with E-state index in [2.05, 4.69) is 9.80 Å². The minimum Gasteiger partial charge on any atom is -0.329 e. The van der Waals surface area contributed by atoms with E-state index < -0.39 is 0 Å². The summed E-state index contributed by atoms with van der Waals surface area (Å²) >= 11 is 0. The summed E-state index contributed by atoms with van der Waals surface area (Å²) in [5.41, 5.74) is 6.54. The molecular formula is C14H25N3. The number of rotatable bonds is 3. The van der Waals surface area contributed by atoms with Gasteiger partial charge in [0, 0.05) is 43.8 Å². The lowest BCUT2D eigenvalue weighted by molar-refractivity contribution is 0.0651. The summed E-state index contributed by atoms with van der Waals surface area (Å²) in [6, 6.07) is 1.80. The van der Waals surface area contributed by atoms with Gasteiger partial charge >= 0.3 is 0 Å². The Morgan fingerprint density at radius 3 is 2.53 bits per heavy atom. The normalized spacial score (nSPS) is 47.1. The molecular weight excluding hydrogens is 210 g/mol. The van der Waals surface area contributed by atoms with E-state index in [0.717, 1.165) is 24.5 Å². The topological polar surface area (TPSA) is 32.5 Å². The van der Waals surface area contributed by atoms with Gasteiger partial charge in [-0.15, -0.1) is 0 Å². The van der Waals surface area contributed by atoms with Crippen LogP contribution in [0.15, 0.2) is 0 Å². The molecule has 3 unspecified atom stereocenters. The number of likely N-dealkylation sites (tertiary alicyclic amines) is 2. The summed E-state index contributed by atoms with van der Waals surface area (Å²) in [6.45, 7) is 4.78. The summed E-state index contributed by atoms with van der Waals surface area (Å²) in [4.78, 5) is 5.54. The highest BCUT2D eigenvalue weighted by Gasteiger charge is 2.52. The number of hydrogen-bond donors (Lipinski definition) is 1. The predicted octanol–water partition coefficient (Wildman–Crippen LogP) is 1.04. The van der Waals surface area contributed by atoms with Crippen LogP contribution in [-0.4, -0.2) is 53.6 Å². The minimum atomic E-state index is 0.350. The van der Waals surface area contributed by atoms with E-state index in [0.29, 0.717) is 5.54 Å². The van der Waals surface area contributed by atoms with Crippen LogP contribution in [0.25, 0.3) is 0 Å². The lowest BCUT2D eigenvalue weighted by Gasteiger charge is -2.43. The molecule has 2 aliphatic heterocycles. The SMILES string of the molecule is NCC1(N2CC3CCC2C3)CCN(C2CC2)C1. The van der Waals surface area contributed by atoms with E-state index in [-0.39, 0.29) is 0 Å². The van der Waals surface area contributed by atoms with Crippen molar-refractivity contribution in [3.63, 3.8) is 0 Å². The smallest absolute Gasteiger partial charge is 0.0473 e. The van der Waals surface area contributed by atoms with Gasteiger partial charge < -0.3 is 5.73 Å². The zero-order chi connectivity index (χ0) is 11.5. The summed E-state index contributed by atoms with van der Waals surface area (Å²) in [5.74, 6) is 0.999. The van der Waals surface area contributed by atoms with Crippen molar-refractivity contribution in [2.24, 2.45) is 11.7 Å². The molecule has 0 aromatic rings. The number of hydrogen-bond acceptors (Lipinski definition) is 3. The molecule has 2 heterocycles. The van der Waals surface area contributed by atoms with E-state index in [9.17, 15) is 0 Å². The van der Waals surface area contributed by atoms with Crippen molar-refractivity contribution in [1.82, 2.24) is 9.80 Å². The summed E-state index contributed by atoms with van der Waals surface area (Å²) in [6.07, 6.45) is 8.58. The molecule has 3 heteroatoms. The summed E-state index contributed by atoms with van der Waals surface area (Å²) in [5, 5.41) is 0. The van der Waals surface area contributed by atoms with Crippen molar-refractivity contribution in [2.45, 2.75) is 56.1 Å². The molecule has 0 amide bonds. The molecule has 2 saturated carbocycles. The Kier molecular flexibility index (Phi) is 2.34. The number of nitrogens with two attached hydrogens (primary N) is 1. The quantitative estimate of drug-likeness (QED) is 0.793. The van der Waals surface area contributed by atoms with Gasteiger partial charge in [0.25, 0.3) is 0 Å². The van der Waals surface area contributed by atoms with Gasteiger partial charge in [-0.2, -0.15) is 0 Å². The van der Waals surface area contributed by atoms with Crippen LogP contribution in [0, 0.1) is 5.92 Å². The van der Waals surface area contributed by atoms with E-state index in [1.54, 1.807) is 0 Å². The van der Waals surface area contributed by atoms with Gasteiger partial charge in [0.1, 0.15) is 0 Å². The number of nitrogens with zero attached hydrogens (tertiary/aromatic N) is 2. The van der Waals surface area contributed by atoms with E-state index in [1.165, 1.54) is 58.2 Å². The first-order valence-electron chi connectivity index (χ1n) is 7.52. The molecule has 2 aliphatic carbocycles. The second kappa shape index (κ2) is 3.69. The van der Waals surface area contributed by atoms with Crippen LogP contribution in [0.1, 0.15) is 38.5 Å². The van der Waals surface area contributed by atoms with Crippen molar-refractivity contribution < 1.29 is 0 Å². The zero-order valence-electron chi connectivity index (χ0n) is 10.8. The Bertz CT molecular complexity index is 315. The van der Waals surface area contributed by atoms with Crippen molar-refractivity contribution in [2.75, 3.05) is 26.2 Å². The van der Waals surface area contributed by atoms with Gasteiger partial charge in [0.2, 0.25) is 0 Å². The molecule has 3 atom stereocenters. The van der Waals surface area contributed by atoms with Crippen LogP contribution in [0.2, 0.25) is 0 Å². The Labute approximate surface area is 104 Å². The fourth-order valence-corrected chi connectivity index (χ4v) is 4.66.